The van der Waals surface area contributed by atoms with Crippen molar-refractivity contribution in [2.24, 2.45) is 10.3 Å². The van der Waals surface area contributed by atoms with Crippen LogP contribution < -0.4 is 5.32 Å². The van der Waals surface area contributed by atoms with Crippen LogP contribution in [0.5, 0.6) is 0 Å². The van der Waals surface area contributed by atoms with Crippen molar-refractivity contribution in [1.29, 1.82) is 0 Å². The number of carbonyl (C=O) groups excluding carboxylic acids is 2. The van der Waals surface area contributed by atoms with Gasteiger partial charge in [-0.3, -0.25) is 4.79 Å². The van der Waals surface area contributed by atoms with Gasteiger partial charge in [0.25, 0.3) is 10.0 Å². The van der Waals surface area contributed by atoms with Crippen molar-refractivity contribution in [3.63, 3.8) is 0 Å². The van der Waals surface area contributed by atoms with Crippen LogP contribution >= 0.6 is 0 Å². The average Bonchev–Trinajstić information content (AvgIpc) is 3.05. The third-order valence-electron chi connectivity index (χ3n) is 5.44. The van der Waals surface area contributed by atoms with Gasteiger partial charge in [0.1, 0.15) is 4.90 Å². The molecule has 0 aliphatic carbocycles. The van der Waals surface area contributed by atoms with Crippen molar-refractivity contribution in [2.45, 2.75) is 37.7 Å². The number of ether oxygens (including phenoxy) is 1. The molecule has 168 valence electrons. The number of sulfonamides is 1. The fraction of sp³-hybridized carbons (Fsp3) is 0.348. The van der Waals surface area contributed by atoms with Crippen LogP contribution in [0.4, 0.5) is 5.69 Å². The minimum Gasteiger partial charge on any atom is -0.459 e. The lowest BCUT2D eigenvalue weighted by molar-refractivity contribution is -0.121. The second kappa shape index (κ2) is 8.74. The number of fused-ring (bicyclic) bond motifs is 1. The Balaban J connectivity index is 1.43. The van der Waals surface area contributed by atoms with E-state index in [1.54, 1.807) is 62.4 Å². The lowest BCUT2D eigenvalue weighted by Crippen LogP contribution is -2.43. The predicted octanol–water partition coefficient (Wildman–Crippen LogP) is 3.05. The van der Waals surface area contributed by atoms with Gasteiger partial charge in [0.2, 0.25) is 5.91 Å². The molecule has 1 amide bonds. The Hall–Kier alpha value is -3.20. The highest BCUT2D eigenvalue weighted by molar-refractivity contribution is 7.90. The third-order valence-corrected chi connectivity index (χ3v) is 6.76. The van der Waals surface area contributed by atoms with Gasteiger partial charge in [-0.1, -0.05) is 12.1 Å². The maximum atomic E-state index is 12.9. The molecule has 8 nitrogen and oxygen atoms in total. The highest BCUT2D eigenvalue weighted by Gasteiger charge is 2.35. The number of nitrogens with zero attached hydrogens (tertiary/aromatic N) is 2. The second-order valence-corrected chi connectivity index (χ2v) is 9.76. The van der Waals surface area contributed by atoms with Gasteiger partial charge in [0.15, 0.2) is 5.84 Å². The van der Waals surface area contributed by atoms with E-state index in [2.05, 4.69) is 9.71 Å². The minimum absolute atomic E-state index is 0.151. The smallest absolute Gasteiger partial charge is 0.338 e. The van der Waals surface area contributed by atoms with Gasteiger partial charge in [-0.05, 0) is 63.1 Å². The number of nitrogens with one attached hydrogen (secondary N) is 1. The van der Waals surface area contributed by atoms with Gasteiger partial charge in [0, 0.05) is 24.3 Å². The summed E-state index contributed by atoms with van der Waals surface area (Å²) < 4.78 is 33.9. The number of hydrogen-bond acceptors (Lipinski definition) is 6. The van der Waals surface area contributed by atoms with Gasteiger partial charge in [-0.2, -0.15) is 8.42 Å². The molecule has 0 bridgehead atoms. The molecule has 0 aromatic heterocycles. The lowest BCUT2D eigenvalue weighted by Gasteiger charge is -2.33. The standard InChI is InChI=1S/C23H25N3O5S/c1-15(2)31-23(28)16-9-11-18(12-10-16)24-22(27)17-6-5-13-26(14-17)21-19-7-3-4-8-20(19)32(29,30)25-21/h3-4,7-12,15,17H,5-6,13-14H2,1-2H3,(H,24,27). The molecule has 2 heterocycles. The predicted molar refractivity (Wildman–Crippen MR) is 120 cm³/mol. The van der Waals surface area contributed by atoms with Gasteiger partial charge in [0.05, 0.1) is 17.6 Å². The summed E-state index contributed by atoms with van der Waals surface area (Å²) in [5.74, 6) is -0.464. The van der Waals surface area contributed by atoms with Crippen LogP contribution in [0.15, 0.2) is 57.8 Å². The first-order valence-electron chi connectivity index (χ1n) is 10.6. The molecular formula is C23H25N3O5S. The maximum absolute atomic E-state index is 12.9. The van der Waals surface area contributed by atoms with Crippen molar-refractivity contribution in [1.82, 2.24) is 4.90 Å². The summed E-state index contributed by atoms with van der Waals surface area (Å²) in [6.45, 7) is 4.59. The molecule has 32 heavy (non-hydrogen) atoms. The number of piperidine rings is 1. The Labute approximate surface area is 187 Å². The number of rotatable bonds is 4. The molecule has 0 spiro atoms. The summed E-state index contributed by atoms with van der Waals surface area (Å²) in [5.41, 5.74) is 1.58. The van der Waals surface area contributed by atoms with Crippen molar-refractivity contribution in [3.8, 4) is 0 Å². The molecule has 2 aliphatic rings. The van der Waals surface area contributed by atoms with Crippen molar-refractivity contribution in [2.75, 3.05) is 18.4 Å². The van der Waals surface area contributed by atoms with Gasteiger partial charge in [-0.15, -0.1) is 4.40 Å². The molecule has 1 N–H and O–H groups in total. The molecule has 1 unspecified atom stereocenters. The minimum atomic E-state index is -3.70. The summed E-state index contributed by atoms with van der Waals surface area (Å²) in [7, 11) is -3.70. The summed E-state index contributed by atoms with van der Waals surface area (Å²) in [6, 6.07) is 13.3. The molecule has 1 fully saturated rings. The molecule has 0 saturated carbocycles. The highest BCUT2D eigenvalue weighted by Crippen LogP contribution is 2.30. The van der Waals surface area contributed by atoms with Gasteiger partial charge >= 0.3 is 5.97 Å². The molecule has 4 rings (SSSR count). The number of likely N-dealkylation sites (tertiary alicyclic amines) is 1. The normalized spacial score (nSPS) is 19.3. The van der Waals surface area contributed by atoms with Crippen LogP contribution in [0.2, 0.25) is 0 Å². The Morgan fingerprint density at radius 2 is 1.84 bits per heavy atom. The van der Waals surface area contributed by atoms with Crippen molar-refractivity contribution in [3.05, 3.63) is 59.7 Å². The van der Waals surface area contributed by atoms with Crippen LogP contribution in [0.3, 0.4) is 0 Å². The number of benzene rings is 2. The Bertz CT molecular complexity index is 1170. The van der Waals surface area contributed by atoms with E-state index in [0.717, 1.165) is 6.42 Å². The summed E-state index contributed by atoms with van der Waals surface area (Å²) in [6.07, 6.45) is 1.24. The van der Waals surface area contributed by atoms with Crippen molar-refractivity contribution < 1.29 is 22.7 Å². The van der Waals surface area contributed by atoms with Crippen LogP contribution in [0.1, 0.15) is 42.6 Å². The highest BCUT2D eigenvalue weighted by atomic mass is 32.2. The van der Waals surface area contributed by atoms with E-state index in [4.69, 9.17) is 4.74 Å². The SMILES string of the molecule is CC(C)OC(=O)c1ccc(NC(=O)C2CCCN(C3=NS(=O)(=O)c4ccccc43)C2)cc1. The molecule has 9 heteroatoms. The number of hydrogen-bond donors (Lipinski definition) is 1. The first-order valence-corrected chi connectivity index (χ1v) is 12.0. The van der Waals surface area contributed by atoms with Crippen LogP contribution in [0, 0.1) is 5.92 Å². The van der Waals surface area contributed by atoms with Crippen molar-refractivity contribution >= 4 is 33.4 Å². The molecule has 2 aliphatic heterocycles. The van der Waals surface area contributed by atoms with E-state index in [-0.39, 0.29) is 22.8 Å². The quantitative estimate of drug-likeness (QED) is 0.711. The zero-order valence-electron chi connectivity index (χ0n) is 17.9. The van der Waals surface area contributed by atoms with E-state index in [0.29, 0.717) is 42.2 Å². The lowest BCUT2D eigenvalue weighted by atomic mass is 9.96. The number of amidine groups is 1. The van der Waals surface area contributed by atoms with E-state index in [9.17, 15) is 18.0 Å². The fourth-order valence-corrected chi connectivity index (χ4v) is 5.14. The first kappa shape index (κ1) is 22.0. The molecule has 2 aromatic carbocycles. The zero-order chi connectivity index (χ0) is 22.9. The second-order valence-electron chi connectivity index (χ2n) is 8.19. The molecule has 1 atom stereocenters. The van der Waals surface area contributed by atoms with E-state index in [1.165, 1.54) is 0 Å². The summed E-state index contributed by atoms with van der Waals surface area (Å²) in [5, 5.41) is 2.89. The summed E-state index contributed by atoms with van der Waals surface area (Å²) in [4.78, 5) is 26.9. The average molecular weight is 456 g/mol. The fourth-order valence-electron chi connectivity index (χ4n) is 3.92. The zero-order valence-corrected chi connectivity index (χ0v) is 18.8. The monoisotopic (exact) mass is 455 g/mol. The molecule has 1 saturated heterocycles. The topological polar surface area (TPSA) is 105 Å². The van der Waals surface area contributed by atoms with Gasteiger partial charge in [-0.25, -0.2) is 4.79 Å². The number of esters is 1. The number of carbonyl (C=O) groups is 2. The van der Waals surface area contributed by atoms with E-state index >= 15 is 0 Å². The molecule has 0 radical (unpaired) electrons. The first-order chi connectivity index (χ1) is 15.2. The van der Waals surface area contributed by atoms with E-state index in [1.807, 2.05) is 4.90 Å². The third kappa shape index (κ3) is 4.52. The largest absolute Gasteiger partial charge is 0.459 e. The number of anilines is 1. The summed E-state index contributed by atoms with van der Waals surface area (Å²) >= 11 is 0. The van der Waals surface area contributed by atoms with Crippen LogP contribution in [0.25, 0.3) is 0 Å². The maximum Gasteiger partial charge on any atom is 0.338 e. The van der Waals surface area contributed by atoms with Crippen LogP contribution in [-0.2, 0) is 19.6 Å². The Kier molecular flexibility index (Phi) is 6.01. The molecule has 2 aromatic rings. The van der Waals surface area contributed by atoms with Gasteiger partial charge < -0.3 is 15.0 Å². The molecular weight excluding hydrogens is 430 g/mol. The van der Waals surface area contributed by atoms with Crippen LogP contribution in [-0.4, -0.2) is 50.2 Å². The Morgan fingerprint density at radius 1 is 1.12 bits per heavy atom. The Morgan fingerprint density at radius 3 is 2.56 bits per heavy atom. The van der Waals surface area contributed by atoms with E-state index < -0.39 is 16.0 Å². The number of amides is 1.